The Labute approximate surface area is 135 Å². The van der Waals surface area contributed by atoms with Gasteiger partial charge < -0.3 is 15.1 Å². The number of nitrogens with zero attached hydrogens (tertiary/aromatic N) is 1. The molecule has 0 aliphatic carbocycles. The molecule has 0 spiro atoms. The quantitative estimate of drug-likeness (QED) is 0.723. The van der Waals surface area contributed by atoms with E-state index in [1.54, 1.807) is 6.07 Å². The molecule has 2 heterocycles. The number of H-pyrrole nitrogens is 2. The molecule has 1 aliphatic rings. The predicted octanol–water partition coefficient (Wildman–Crippen LogP) is 0.868. The summed E-state index contributed by atoms with van der Waals surface area (Å²) in [6, 6.07) is 3.02. The number of imidazole rings is 1. The first-order valence-electron chi connectivity index (χ1n) is 6.85. The Balaban J connectivity index is 2.05. The van der Waals surface area contributed by atoms with Crippen LogP contribution in [0.15, 0.2) is 26.3 Å². The number of aromatic nitrogens is 2. The molecule has 0 amide bonds. The van der Waals surface area contributed by atoms with Crippen molar-refractivity contribution in [3.8, 4) is 0 Å². The molecule has 7 nitrogen and oxygen atoms in total. The maximum atomic E-state index is 12.8. The molecule has 1 aromatic carbocycles. The average molecular weight is 390 g/mol. The Morgan fingerprint density at radius 1 is 1.32 bits per heavy atom. The Morgan fingerprint density at radius 2 is 1.95 bits per heavy atom. The molecule has 0 saturated carbocycles. The number of hydrogen-bond donors (Lipinski definition) is 3. The van der Waals surface area contributed by atoms with Crippen molar-refractivity contribution < 1.29 is 13.5 Å². The van der Waals surface area contributed by atoms with Crippen LogP contribution in [0, 0.1) is 11.8 Å². The fourth-order valence-electron chi connectivity index (χ4n) is 2.79. The Kier molecular flexibility index (Phi) is 3.92. The SMILES string of the molecule is C[C@@H]1CN(S(=O)(=O)c2cc3[nH]c(=O)[nH]c3cc2Br)C[C@H]1CO. The van der Waals surface area contributed by atoms with Gasteiger partial charge in [-0.1, -0.05) is 6.92 Å². The number of hydrogen-bond acceptors (Lipinski definition) is 4. The molecule has 3 rings (SSSR count). The summed E-state index contributed by atoms with van der Waals surface area (Å²) < 4.78 is 27.4. The van der Waals surface area contributed by atoms with Crippen LogP contribution in [0.1, 0.15) is 6.92 Å². The average Bonchev–Trinajstić information content (AvgIpc) is 2.99. The van der Waals surface area contributed by atoms with Crippen molar-refractivity contribution in [1.82, 2.24) is 14.3 Å². The second-order valence-corrected chi connectivity index (χ2v) is 8.41. The zero-order valence-corrected chi connectivity index (χ0v) is 14.2. The molecule has 2 atom stereocenters. The highest BCUT2D eigenvalue weighted by Gasteiger charge is 2.37. The van der Waals surface area contributed by atoms with E-state index >= 15 is 0 Å². The lowest BCUT2D eigenvalue weighted by Crippen LogP contribution is -2.29. The monoisotopic (exact) mass is 389 g/mol. The molecule has 0 radical (unpaired) electrons. The molecular weight excluding hydrogens is 374 g/mol. The van der Waals surface area contributed by atoms with Crippen molar-refractivity contribution in [2.24, 2.45) is 11.8 Å². The topological polar surface area (TPSA) is 106 Å². The summed E-state index contributed by atoms with van der Waals surface area (Å²) in [6.45, 7) is 2.58. The molecule has 0 bridgehead atoms. The van der Waals surface area contributed by atoms with Gasteiger partial charge in [0.25, 0.3) is 0 Å². The standard InChI is InChI=1S/C13H16BrN3O4S/c1-7-4-17(5-8(7)6-18)22(20,21)12-3-11-10(2-9(12)14)15-13(19)16-11/h2-3,7-8,18H,4-6H2,1H3,(H2,15,16,19)/t7-,8+/m1/s1. The highest BCUT2D eigenvalue weighted by Crippen LogP contribution is 2.32. The minimum absolute atomic E-state index is 0.0292. The molecular formula is C13H16BrN3O4S. The third-order valence-electron chi connectivity index (χ3n) is 4.16. The maximum absolute atomic E-state index is 12.8. The van der Waals surface area contributed by atoms with E-state index in [0.717, 1.165) is 0 Å². The maximum Gasteiger partial charge on any atom is 0.323 e. The number of aromatic amines is 2. The van der Waals surface area contributed by atoms with E-state index in [1.807, 2.05) is 6.92 Å². The van der Waals surface area contributed by atoms with Gasteiger partial charge in [0.15, 0.2) is 0 Å². The highest BCUT2D eigenvalue weighted by atomic mass is 79.9. The molecule has 120 valence electrons. The largest absolute Gasteiger partial charge is 0.396 e. The van der Waals surface area contributed by atoms with E-state index in [2.05, 4.69) is 25.9 Å². The lowest BCUT2D eigenvalue weighted by molar-refractivity contribution is 0.210. The smallest absolute Gasteiger partial charge is 0.323 e. The van der Waals surface area contributed by atoms with Crippen LogP contribution in [-0.4, -0.2) is 47.5 Å². The van der Waals surface area contributed by atoms with Crippen LogP contribution in [0.25, 0.3) is 11.0 Å². The number of aliphatic hydroxyl groups is 1. The number of aliphatic hydroxyl groups excluding tert-OH is 1. The van der Waals surface area contributed by atoms with Crippen LogP contribution >= 0.6 is 15.9 Å². The van der Waals surface area contributed by atoms with E-state index in [0.29, 0.717) is 28.6 Å². The van der Waals surface area contributed by atoms with Gasteiger partial charge in [0.1, 0.15) is 0 Å². The fraction of sp³-hybridized carbons (Fsp3) is 0.462. The van der Waals surface area contributed by atoms with Crippen molar-refractivity contribution in [3.63, 3.8) is 0 Å². The van der Waals surface area contributed by atoms with Crippen LogP contribution in [-0.2, 0) is 10.0 Å². The highest BCUT2D eigenvalue weighted by molar-refractivity contribution is 9.10. The summed E-state index contributed by atoms with van der Waals surface area (Å²) in [6.07, 6.45) is 0. The van der Waals surface area contributed by atoms with Crippen molar-refractivity contribution >= 4 is 37.0 Å². The molecule has 3 N–H and O–H groups in total. The van der Waals surface area contributed by atoms with Crippen molar-refractivity contribution in [2.45, 2.75) is 11.8 Å². The van der Waals surface area contributed by atoms with Crippen LogP contribution in [0.4, 0.5) is 0 Å². The van der Waals surface area contributed by atoms with E-state index < -0.39 is 10.0 Å². The number of halogens is 1. The van der Waals surface area contributed by atoms with Crippen LogP contribution < -0.4 is 5.69 Å². The molecule has 2 aromatic rings. The first kappa shape index (κ1) is 15.7. The van der Waals surface area contributed by atoms with Crippen molar-refractivity contribution in [1.29, 1.82) is 0 Å². The normalized spacial score (nSPS) is 23.4. The Morgan fingerprint density at radius 3 is 2.55 bits per heavy atom. The predicted molar refractivity (Wildman–Crippen MR) is 85.1 cm³/mol. The van der Waals surface area contributed by atoms with E-state index in [-0.39, 0.29) is 29.0 Å². The van der Waals surface area contributed by atoms with E-state index in [9.17, 15) is 18.3 Å². The summed E-state index contributed by atoms with van der Waals surface area (Å²) in [7, 11) is -3.69. The molecule has 9 heteroatoms. The number of rotatable bonds is 3. The molecule has 0 unspecified atom stereocenters. The first-order valence-corrected chi connectivity index (χ1v) is 9.09. The van der Waals surface area contributed by atoms with Crippen LogP contribution in [0.2, 0.25) is 0 Å². The van der Waals surface area contributed by atoms with Crippen molar-refractivity contribution in [3.05, 3.63) is 27.1 Å². The van der Waals surface area contributed by atoms with E-state index in [4.69, 9.17) is 0 Å². The van der Waals surface area contributed by atoms with Gasteiger partial charge in [0, 0.05) is 24.2 Å². The van der Waals surface area contributed by atoms with Gasteiger partial charge in [0.05, 0.1) is 15.9 Å². The third kappa shape index (κ3) is 2.51. The summed E-state index contributed by atoms with van der Waals surface area (Å²) in [5, 5.41) is 9.31. The summed E-state index contributed by atoms with van der Waals surface area (Å²) in [5.74, 6) is 0.0543. The second-order valence-electron chi connectivity index (χ2n) is 5.65. The van der Waals surface area contributed by atoms with Gasteiger partial charge in [-0.25, -0.2) is 13.2 Å². The number of fused-ring (bicyclic) bond motifs is 1. The van der Waals surface area contributed by atoms with Crippen LogP contribution in [0.5, 0.6) is 0 Å². The lowest BCUT2D eigenvalue weighted by Gasteiger charge is -2.17. The lowest BCUT2D eigenvalue weighted by atomic mass is 10.00. The fourth-order valence-corrected chi connectivity index (χ4v) is 5.42. The number of benzene rings is 1. The summed E-state index contributed by atoms with van der Waals surface area (Å²) in [4.78, 5) is 16.6. The molecule has 1 fully saturated rings. The van der Waals surface area contributed by atoms with Crippen LogP contribution in [0.3, 0.4) is 0 Å². The molecule has 1 aromatic heterocycles. The summed E-state index contributed by atoms with van der Waals surface area (Å²) >= 11 is 3.27. The zero-order valence-electron chi connectivity index (χ0n) is 11.8. The minimum atomic E-state index is -3.69. The molecule has 22 heavy (non-hydrogen) atoms. The Bertz CT molecular complexity index is 873. The minimum Gasteiger partial charge on any atom is -0.396 e. The van der Waals surface area contributed by atoms with Gasteiger partial charge >= 0.3 is 5.69 Å². The van der Waals surface area contributed by atoms with Gasteiger partial charge in [-0.2, -0.15) is 4.31 Å². The zero-order chi connectivity index (χ0) is 16.1. The summed E-state index contributed by atoms with van der Waals surface area (Å²) in [5.41, 5.74) is 0.600. The number of sulfonamides is 1. The van der Waals surface area contributed by atoms with Gasteiger partial charge in [-0.05, 0) is 39.9 Å². The van der Waals surface area contributed by atoms with Crippen molar-refractivity contribution in [2.75, 3.05) is 19.7 Å². The molecule has 1 saturated heterocycles. The van der Waals surface area contributed by atoms with Gasteiger partial charge in [-0.3, -0.25) is 0 Å². The Hall–Kier alpha value is -1.16. The third-order valence-corrected chi connectivity index (χ3v) is 6.95. The van der Waals surface area contributed by atoms with E-state index in [1.165, 1.54) is 10.4 Å². The second kappa shape index (κ2) is 5.48. The molecule has 1 aliphatic heterocycles. The first-order chi connectivity index (χ1) is 10.3. The van der Waals surface area contributed by atoms with Gasteiger partial charge in [0.2, 0.25) is 10.0 Å². The number of nitrogens with one attached hydrogen (secondary N) is 2. The van der Waals surface area contributed by atoms with Gasteiger partial charge in [-0.15, -0.1) is 0 Å².